The molecule has 2 aromatic heterocycles. The van der Waals surface area contributed by atoms with Crippen LogP contribution in [0.4, 0.5) is 10.5 Å². The molecule has 0 radical (unpaired) electrons. The first-order chi connectivity index (χ1) is 15.0. The number of ether oxygens (including phenoxy) is 1. The van der Waals surface area contributed by atoms with Crippen LogP contribution in [0, 0.1) is 0 Å². The first-order valence-electron chi connectivity index (χ1n) is 9.74. The van der Waals surface area contributed by atoms with Gasteiger partial charge in [0.1, 0.15) is 5.69 Å². The maximum Gasteiger partial charge on any atom is 0.322 e. The van der Waals surface area contributed by atoms with Gasteiger partial charge in [-0.25, -0.2) is 14.8 Å². The predicted molar refractivity (Wildman–Crippen MR) is 118 cm³/mol. The van der Waals surface area contributed by atoms with E-state index in [1.807, 2.05) is 37.3 Å². The summed E-state index contributed by atoms with van der Waals surface area (Å²) in [6.45, 7) is 2.48. The van der Waals surface area contributed by atoms with Crippen molar-refractivity contribution in [2.45, 2.75) is 19.5 Å². The lowest BCUT2D eigenvalue weighted by Crippen LogP contribution is -2.40. The number of methoxy groups -OCH3 is 1. The molecule has 0 fully saturated rings. The van der Waals surface area contributed by atoms with Crippen molar-refractivity contribution in [2.75, 3.05) is 12.4 Å². The van der Waals surface area contributed by atoms with Gasteiger partial charge in [-0.15, -0.1) is 0 Å². The number of amides is 2. The highest BCUT2D eigenvalue weighted by Crippen LogP contribution is 2.35. The van der Waals surface area contributed by atoms with E-state index in [1.165, 1.54) is 7.11 Å². The zero-order chi connectivity index (χ0) is 21.5. The first kappa shape index (κ1) is 19.3. The van der Waals surface area contributed by atoms with Gasteiger partial charge in [-0.1, -0.05) is 23.7 Å². The summed E-state index contributed by atoms with van der Waals surface area (Å²) in [5.74, 6) is 0. The van der Waals surface area contributed by atoms with Crippen LogP contribution in [0.5, 0.6) is 6.01 Å². The molecule has 4 aromatic rings. The van der Waals surface area contributed by atoms with E-state index in [-0.39, 0.29) is 12.1 Å². The molecule has 1 atom stereocenters. The molecule has 5 rings (SSSR count). The van der Waals surface area contributed by atoms with Gasteiger partial charge in [0.25, 0.3) is 0 Å². The Hall–Kier alpha value is -3.65. The summed E-state index contributed by atoms with van der Waals surface area (Å²) in [4.78, 5) is 22.9. The average molecular weight is 435 g/mol. The van der Waals surface area contributed by atoms with Crippen molar-refractivity contribution >= 4 is 34.2 Å². The Labute approximate surface area is 183 Å². The lowest BCUT2D eigenvalue weighted by atomic mass is 10.0. The zero-order valence-electron chi connectivity index (χ0n) is 16.9. The summed E-state index contributed by atoms with van der Waals surface area (Å²) < 4.78 is 5.03. The monoisotopic (exact) mass is 434 g/mol. The summed E-state index contributed by atoms with van der Waals surface area (Å²) in [5.41, 5.74) is 5.14. The van der Waals surface area contributed by atoms with Crippen LogP contribution in [0.1, 0.15) is 24.1 Å². The summed E-state index contributed by atoms with van der Waals surface area (Å²) in [6.07, 6.45) is 3.36. The van der Waals surface area contributed by atoms with Crippen LogP contribution in [0.15, 0.2) is 48.8 Å². The quantitative estimate of drug-likeness (QED) is 0.481. The van der Waals surface area contributed by atoms with Crippen LogP contribution in [0.25, 0.3) is 22.2 Å². The second-order valence-electron chi connectivity index (χ2n) is 7.37. The van der Waals surface area contributed by atoms with Gasteiger partial charge in [-0.05, 0) is 42.3 Å². The minimum atomic E-state index is -0.141. The highest BCUT2D eigenvalue weighted by Gasteiger charge is 2.28. The minimum Gasteiger partial charge on any atom is -0.467 e. The lowest BCUT2D eigenvalue weighted by Gasteiger charge is -2.34. The molecule has 9 heteroatoms. The third-order valence-electron chi connectivity index (χ3n) is 5.53. The number of carbonyl (C=O) groups is 1. The van der Waals surface area contributed by atoms with Crippen LogP contribution in [0.3, 0.4) is 0 Å². The lowest BCUT2D eigenvalue weighted by molar-refractivity contribution is 0.186. The van der Waals surface area contributed by atoms with Crippen molar-refractivity contribution < 1.29 is 9.53 Å². The summed E-state index contributed by atoms with van der Waals surface area (Å²) in [7, 11) is 1.52. The van der Waals surface area contributed by atoms with E-state index >= 15 is 0 Å². The number of anilines is 1. The number of hydrogen-bond donors (Lipinski definition) is 2. The van der Waals surface area contributed by atoms with Gasteiger partial charge in [0, 0.05) is 34.1 Å². The predicted octanol–water partition coefficient (Wildman–Crippen LogP) is 4.79. The van der Waals surface area contributed by atoms with Crippen molar-refractivity contribution in [3.8, 4) is 17.3 Å². The molecule has 31 heavy (non-hydrogen) atoms. The van der Waals surface area contributed by atoms with Crippen molar-refractivity contribution in [3.63, 3.8) is 0 Å². The number of hydrogen-bond acceptors (Lipinski definition) is 5. The maximum atomic E-state index is 12.8. The van der Waals surface area contributed by atoms with E-state index in [0.29, 0.717) is 17.6 Å². The van der Waals surface area contributed by atoms with Gasteiger partial charge in [-0.3, -0.25) is 5.10 Å². The van der Waals surface area contributed by atoms with Crippen molar-refractivity contribution in [3.05, 3.63) is 64.9 Å². The third kappa shape index (κ3) is 3.44. The molecule has 2 amide bonds. The molecule has 1 aliphatic heterocycles. The highest BCUT2D eigenvalue weighted by molar-refractivity contribution is 6.30. The van der Waals surface area contributed by atoms with E-state index in [2.05, 4.69) is 31.5 Å². The van der Waals surface area contributed by atoms with E-state index in [1.54, 1.807) is 17.3 Å². The van der Waals surface area contributed by atoms with E-state index in [9.17, 15) is 4.79 Å². The number of halogens is 1. The van der Waals surface area contributed by atoms with Gasteiger partial charge >= 0.3 is 12.0 Å². The molecule has 0 bridgehead atoms. The van der Waals surface area contributed by atoms with Crippen LogP contribution in [0.2, 0.25) is 5.02 Å². The van der Waals surface area contributed by atoms with Gasteiger partial charge in [0.05, 0.1) is 25.2 Å². The molecular weight excluding hydrogens is 416 g/mol. The third-order valence-corrected chi connectivity index (χ3v) is 5.79. The molecule has 3 heterocycles. The molecule has 156 valence electrons. The Kier molecular flexibility index (Phi) is 4.71. The summed E-state index contributed by atoms with van der Waals surface area (Å²) in [6, 6.07) is 11.6. The van der Waals surface area contributed by atoms with Gasteiger partial charge < -0.3 is 15.0 Å². The Morgan fingerprint density at radius 2 is 1.90 bits per heavy atom. The van der Waals surface area contributed by atoms with E-state index < -0.39 is 0 Å². The van der Waals surface area contributed by atoms with Crippen molar-refractivity contribution in [1.82, 2.24) is 25.1 Å². The number of aromatic amines is 1. The second kappa shape index (κ2) is 7.55. The van der Waals surface area contributed by atoms with Crippen LogP contribution in [-0.4, -0.2) is 38.2 Å². The normalized spacial score (nSPS) is 14.3. The van der Waals surface area contributed by atoms with Crippen LogP contribution in [-0.2, 0) is 6.54 Å². The molecule has 2 N–H and O–H groups in total. The van der Waals surface area contributed by atoms with Gasteiger partial charge in [0.2, 0.25) is 0 Å². The van der Waals surface area contributed by atoms with Gasteiger partial charge in [-0.2, -0.15) is 5.10 Å². The molecule has 8 nitrogen and oxygen atoms in total. The zero-order valence-corrected chi connectivity index (χ0v) is 17.6. The van der Waals surface area contributed by atoms with Crippen molar-refractivity contribution in [1.29, 1.82) is 0 Å². The highest BCUT2D eigenvalue weighted by atomic mass is 35.5. The molecular formula is C22H19ClN6O2. The second-order valence-corrected chi connectivity index (χ2v) is 7.81. The van der Waals surface area contributed by atoms with Crippen LogP contribution >= 0.6 is 11.6 Å². The minimum absolute atomic E-state index is 0.111. The first-order valence-corrected chi connectivity index (χ1v) is 10.1. The number of aromatic nitrogens is 4. The van der Waals surface area contributed by atoms with Crippen LogP contribution < -0.4 is 10.1 Å². The SMILES string of the molecule is COc1ncc(-c2n[nH]c3cc4c(cc23)CN([C@H](C)c2ccc(Cl)cc2)C(=O)N4)cn1. The fraction of sp³-hybridized carbons (Fsp3) is 0.182. The largest absolute Gasteiger partial charge is 0.467 e. The Morgan fingerprint density at radius 3 is 2.61 bits per heavy atom. The smallest absolute Gasteiger partial charge is 0.322 e. The van der Waals surface area contributed by atoms with Crippen molar-refractivity contribution in [2.24, 2.45) is 0 Å². The standard InChI is InChI=1S/C22H19ClN6O2/c1-12(13-3-5-16(23)6-4-13)29-11-14-7-17-19(8-18(14)26-22(29)30)27-28-20(17)15-9-24-21(31-2)25-10-15/h3-10,12H,11H2,1-2H3,(H,26,30)(H,27,28)/t12-/m1/s1. The summed E-state index contributed by atoms with van der Waals surface area (Å²) in [5, 5.41) is 12.1. The maximum absolute atomic E-state index is 12.8. The number of urea groups is 1. The van der Waals surface area contributed by atoms with E-state index in [4.69, 9.17) is 16.3 Å². The molecule has 1 aliphatic rings. The van der Waals surface area contributed by atoms with Gasteiger partial charge in [0.15, 0.2) is 0 Å². The molecule has 0 saturated heterocycles. The fourth-order valence-electron chi connectivity index (χ4n) is 3.80. The van der Waals surface area contributed by atoms with E-state index in [0.717, 1.165) is 39.0 Å². The topological polar surface area (TPSA) is 96.0 Å². The Morgan fingerprint density at radius 1 is 1.16 bits per heavy atom. The number of benzene rings is 2. The molecule has 0 saturated carbocycles. The summed E-state index contributed by atoms with van der Waals surface area (Å²) >= 11 is 6.01. The fourth-order valence-corrected chi connectivity index (χ4v) is 3.92. The number of carbonyl (C=O) groups excluding carboxylic acids is 1. The molecule has 0 spiro atoms. The number of nitrogens with zero attached hydrogens (tertiary/aromatic N) is 4. The number of rotatable bonds is 4. The number of H-pyrrole nitrogens is 1. The Bertz CT molecular complexity index is 1270. The molecule has 0 aliphatic carbocycles. The molecule has 0 unspecified atom stereocenters. The molecule has 2 aromatic carbocycles. The Balaban J connectivity index is 1.50. The average Bonchev–Trinajstić information content (AvgIpc) is 3.20. The number of nitrogens with one attached hydrogen (secondary N) is 2. The number of fused-ring (bicyclic) bond motifs is 2.